The third-order valence-electron chi connectivity index (χ3n) is 4.78. The zero-order valence-electron chi connectivity index (χ0n) is 15.0. The molecule has 1 heterocycles. The van der Waals surface area contributed by atoms with E-state index in [2.05, 4.69) is 34.4 Å². The molecule has 6 nitrogen and oxygen atoms in total. The number of H-pyrrole nitrogens is 1. The van der Waals surface area contributed by atoms with Gasteiger partial charge in [-0.25, -0.2) is 9.78 Å². The molecule has 3 rings (SSSR count). The second-order valence-corrected chi connectivity index (χ2v) is 7.44. The van der Waals surface area contributed by atoms with Crippen molar-refractivity contribution >= 4 is 17.1 Å². The van der Waals surface area contributed by atoms with Gasteiger partial charge in [0.25, 0.3) is 0 Å². The van der Waals surface area contributed by atoms with E-state index in [9.17, 15) is 9.90 Å². The Morgan fingerprint density at radius 2 is 2.00 bits per heavy atom. The number of aromatic amines is 1. The molecule has 0 saturated heterocycles. The van der Waals surface area contributed by atoms with E-state index in [1.807, 2.05) is 24.3 Å². The standard InChI is InChI=1S/C19H28N4O2/c1-12(2)11-17(18-21-15-5-3-4-6-16(15)22-18)23-19(25)20-13-7-9-14(24)10-8-13/h3-6,12-14,17,24H,7-11H2,1-2H3,(H,21,22)(H2,20,23,25). The molecule has 1 aliphatic rings. The molecular formula is C19H28N4O2. The summed E-state index contributed by atoms with van der Waals surface area (Å²) in [5.74, 6) is 1.23. The monoisotopic (exact) mass is 344 g/mol. The maximum absolute atomic E-state index is 12.4. The Hall–Kier alpha value is -2.08. The van der Waals surface area contributed by atoms with Crippen LogP contribution in [0.4, 0.5) is 4.79 Å². The van der Waals surface area contributed by atoms with Crippen molar-refractivity contribution in [3.63, 3.8) is 0 Å². The van der Waals surface area contributed by atoms with Gasteiger partial charge in [0.1, 0.15) is 5.82 Å². The predicted molar refractivity (Wildman–Crippen MR) is 98.2 cm³/mol. The van der Waals surface area contributed by atoms with Crippen molar-refractivity contribution < 1.29 is 9.90 Å². The Balaban J connectivity index is 1.66. The first-order chi connectivity index (χ1) is 12.0. The number of hydrogen-bond acceptors (Lipinski definition) is 3. The highest BCUT2D eigenvalue weighted by Gasteiger charge is 2.24. The normalized spacial score (nSPS) is 22.1. The summed E-state index contributed by atoms with van der Waals surface area (Å²) in [5.41, 5.74) is 1.89. The minimum Gasteiger partial charge on any atom is -0.393 e. The van der Waals surface area contributed by atoms with Gasteiger partial charge in [-0.15, -0.1) is 0 Å². The van der Waals surface area contributed by atoms with Gasteiger partial charge in [0.05, 0.1) is 23.2 Å². The molecule has 2 amide bonds. The molecule has 1 fully saturated rings. The Kier molecular flexibility index (Phi) is 5.58. The van der Waals surface area contributed by atoms with E-state index in [-0.39, 0.29) is 24.2 Å². The van der Waals surface area contributed by atoms with Crippen molar-refractivity contribution in [2.24, 2.45) is 5.92 Å². The molecule has 136 valence electrons. The van der Waals surface area contributed by atoms with Crippen molar-refractivity contribution in [1.82, 2.24) is 20.6 Å². The molecule has 1 unspecified atom stereocenters. The van der Waals surface area contributed by atoms with Crippen LogP contribution in [0.3, 0.4) is 0 Å². The molecule has 4 N–H and O–H groups in total. The van der Waals surface area contributed by atoms with Gasteiger partial charge in [0, 0.05) is 6.04 Å². The van der Waals surface area contributed by atoms with Crippen LogP contribution >= 0.6 is 0 Å². The van der Waals surface area contributed by atoms with Gasteiger partial charge < -0.3 is 20.7 Å². The van der Waals surface area contributed by atoms with Crippen LogP contribution in [0.15, 0.2) is 24.3 Å². The van der Waals surface area contributed by atoms with Gasteiger partial charge in [-0.3, -0.25) is 0 Å². The minimum absolute atomic E-state index is 0.138. The molecule has 2 aromatic rings. The number of benzene rings is 1. The van der Waals surface area contributed by atoms with E-state index in [0.717, 1.165) is 49.0 Å². The summed E-state index contributed by atoms with van der Waals surface area (Å²) in [4.78, 5) is 20.4. The number of urea groups is 1. The van der Waals surface area contributed by atoms with Crippen LogP contribution < -0.4 is 10.6 Å². The largest absolute Gasteiger partial charge is 0.393 e. The fourth-order valence-electron chi connectivity index (χ4n) is 3.45. The smallest absolute Gasteiger partial charge is 0.315 e. The number of hydrogen-bond donors (Lipinski definition) is 4. The molecule has 1 aliphatic carbocycles. The average molecular weight is 344 g/mol. The number of rotatable bonds is 5. The van der Waals surface area contributed by atoms with Crippen LogP contribution in [0.1, 0.15) is 57.8 Å². The lowest BCUT2D eigenvalue weighted by molar-refractivity contribution is 0.117. The van der Waals surface area contributed by atoms with Crippen molar-refractivity contribution in [3.05, 3.63) is 30.1 Å². The lowest BCUT2D eigenvalue weighted by atomic mass is 9.93. The summed E-state index contributed by atoms with van der Waals surface area (Å²) < 4.78 is 0. The predicted octanol–water partition coefficient (Wildman–Crippen LogP) is 3.25. The summed E-state index contributed by atoms with van der Waals surface area (Å²) in [5, 5.41) is 15.7. The van der Waals surface area contributed by atoms with Gasteiger partial charge in [-0.2, -0.15) is 0 Å². The zero-order chi connectivity index (χ0) is 17.8. The van der Waals surface area contributed by atoms with Crippen LogP contribution in [-0.2, 0) is 0 Å². The number of carbonyl (C=O) groups excluding carboxylic acids is 1. The van der Waals surface area contributed by atoms with E-state index >= 15 is 0 Å². The molecular weight excluding hydrogens is 316 g/mol. The summed E-state index contributed by atoms with van der Waals surface area (Å²) in [6.07, 6.45) is 3.76. The van der Waals surface area contributed by atoms with Gasteiger partial charge in [-0.05, 0) is 50.2 Å². The molecule has 6 heteroatoms. The third kappa shape index (κ3) is 4.72. The molecule has 0 aliphatic heterocycles. The number of nitrogens with zero attached hydrogens (tertiary/aromatic N) is 1. The summed E-state index contributed by atoms with van der Waals surface area (Å²) in [6.45, 7) is 4.27. The third-order valence-corrected chi connectivity index (χ3v) is 4.78. The maximum Gasteiger partial charge on any atom is 0.315 e. The second kappa shape index (κ2) is 7.87. The number of fused-ring (bicyclic) bond motifs is 1. The molecule has 0 bridgehead atoms. The minimum atomic E-state index is -0.217. The highest BCUT2D eigenvalue weighted by molar-refractivity contribution is 5.76. The molecule has 0 spiro atoms. The van der Waals surface area contributed by atoms with Crippen molar-refractivity contribution in [3.8, 4) is 0 Å². The summed E-state index contributed by atoms with van der Waals surface area (Å²) in [6, 6.07) is 7.72. The van der Waals surface area contributed by atoms with E-state index < -0.39 is 0 Å². The lowest BCUT2D eigenvalue weighted by Crippen LogP contribution is -2.45. The molecule has 25 heavy (non-hydrogen) atoms. The van der Waals surface area contributed by atoms with E-state index in [4.69, 9.17) is 0 Å². The number of aromatic nitrogens is 2. The van der Waals surface area contributed by atoms with Crippen LogP contribution in [0.2, 0.25) is 0 Å². The number of aliphatic hydroxyl groups excluding tert-OH is 1. The Morgan fingerprint density at radius 1 is 1.28 bits per heavy atom. The molecule has 1 aromatic heterocycles. The molecule has 1 aromatic carbocycles. The van der Waals surface area contributed by atoms with Crippen molar-refractivity contribution in [1.29, 1.82) is 0 Å². The van der Waals surface area contributed by atoms with Gasteiger partial charge in [0.15, 0.2) is 0 Å². The first-order valence-electron chi connectivity index (χ1n) is 9.21. The highest BCUT2D eigenvalue weighted by Crippen LogP contribution is 2.22. The number of amides is 2. The van der Waals surface area contributed by atoms with Crippen LogP contribution in [0.5, 0.6) is 0 Å². The maximum atomic E-state index is 12.4. The SMILES string of the molecule is CC(C)CC(NC(=O)NC1CCC(O)CC1)c1nc2ccccc2[nH]1. The Bertz CT molecular complexity index is 671. The van der Waals surface area contributed by atoms with E-state index in [1.54, 1.807) is 0 Å². The number of carbonyl (C=O) groups is 1. The number of imidazole rings is 1. The highest BCUT2D eigenvalue weighted by atomic mass is 16.3. The van der Waals surface area contributed by atoms with E-state index in [0.29, 0.717) is 5.92 Å². The van der Waals surface area contributed by atoms with Crippen molar-refractivity contribution in [2.75, 3.05) is 0 Å². The number of aliphatic hydroxyl groups is 1. The number of nitrogens with one attached hydrogen (secondary N) is 3. The fraction of sp³-hybridized carbons (Fsp3) is 0.579. The summed E-state index contributed by atoms with van der Waals surface area (Å²) in [7, 11) is 0. The first-order valence-corrected chi connectivity index (χ1v) is 9.21. The van der Waals surface area contributed by atoms with Crippen LogP contribution in [0, 0.1) is 5.92 Å². The molecule has 1 saturated carbocycles. The topological polar surface area (TPSA) is 90.0 Å². The molecule has 1 atom stereocenters. The zero-order valence-corrected chi connectivity index (χ0v) is 15.0. The first kappa shape index (κ1) is 17.7. The van der Waals surface area contributed by atoms with Crippen LogP contribution in [-0.4, -0.2) is 33.3 Å². The fourth-order valence-corrected chi connectivity index (χ4v) is 3.45. The lowest BCUT2D eigenvalue weighted by Gasteiger charge is -2.27. The number of para-hydroxylation sites is 2. The average Bonchev–Trinajstić information content (AvgIpc) is 3.00. The van der Waals surface area contributed by atoms with Crippen molar-refractivity contribution in [2.45, 2.75) is 64.1 Å². The van der Waals surface area contributed by atoms with Gasteiger partial charge >= 0.3 is 6.03 Å². The van der Waals surface area contributed by atoms with E-state index in [1.165, 1.54) is 0 Å². The van der Waals surface area contributed by atoms with Crippen LogP contribution in [0.25, 0.3) is 11.0 Å². The second-order valence-electron chi connectivity index (χ2n) is 7.44. The Labute approximate surface area is 148 Å². The quantitative estimate of drug-likeness (QED) is 0.671. The van der Waals surface area contributed by atoms with Gasteiger partial charge in [-0.1, -0.05) is 26.0 Å². The molecule has 0 radical (unpaired) electrons. The summed E-state index contributed by atoms with van der Waals surface area (Å²) >= 11 is 0. The Morgan fingerprint density at radius 3 is 2.68 bits per heavy atom. The van der Waals surface area contributed by atoms with Gasteiger partial charge in [0.2, 0.25) is 0 Å².